The van der Waals surface area contributed by atoms with E-state index in [2.05, 4.69) is 27.8 Å². The maximum Gasteiger partial charge on any atom is 0.191 e. The lowest BCUT2D eigenvalue weighted by atomic mass is 9.67. The van der Waals surface area contributed by atoms with Crippen LogP contribution in [0.3, 0.4) is 0 Å². The molecule has 2 aliphatic carbocycles. The third kappa shape index (κ3) is 4.91. The van der Waals surface area contributed by atoms with E-state index in [1.54, 1.807) is 7.11 Å². The Morgan fingerprint density at radius 3 is 2.55 bits per heavy atom. The third-order valence-electron chi connectivity index (χ3n) is 4.45. The van der Waals surface area contributed by atoms with E-state index in [0.29, 0.717) is 11.5 Å². The fraction of sp³-hybridized carbons (Fsp3) is 0.800. The average molecular weight is 393 g/mol. The van der Waals surface area contributed by atoms with Gasteiger partial charge in [0, 0.05) is 33.4 Å². The molecule has 0 aliphatic heterocycles. The first kappa shape index (κ1) is 17.8. The zero-order chi connectivity index (χ0) is 13.6. The van der Waals surface area contributed by atoms with Gasteiger partial charge in [0.15, 0.2) is 5.96 Å². The number of guanidine groups is 1. The first-order valence-electron chi connectivity index (χ1n) is 7.39. The molecule has 1 fully saturated rings. The lowest BCUT2D eigenvalue weighted by Gasteiger charge is -2.42. The van der Waals surface area contributed by atoms with E-state index in [1.165, 1.54) is 19.3 Å². The van der Waals surface area contributed by atoms with Crippen LogP contribution in [0.25, 0.3) is 0 Å². The maximum atomic E-state index is 5.23. The second-order valence-electron chi connectivity index (χ2n) is 5.81. The second-order valence-corrected chi connectivity index (χ2v) is 5.81. The van der Waals surface area contributed by atoms with Crippen molar-refractivity contribution in [2.24, 2.45) is 10.4 Å². The van der Waals surface area contributed by atoms with Crippen LogP contribution in [-0.2, 0) is 4.74 Å². The fourth-order valence-corrected chi connectivity index (χ4v) is 2.90. The fourth-order valence-electron chi connectivity index (χ4n) is 2.90. The molecule has 2 aliphatic rings. The lowest BCUT2D eigenvalue weighted by Crippen LogP contribution is -2.48. The highest BCUT2D eigenvalue weighted by Crippen LogP contribution is 2.43. The van der Waals surface area contributed by atoms with E-state index >= 15 is 0 Å². The summed E-state index contributed by atoms with van der Waals surface area (Å²) in [6, 6.07) is 0.516. The van der Waals surface area contributed by atoms with E-state index in [0.717, 1.165) is 38.4 Å². The summed E-state index contributed by atoms with van der Waals surface area (Å²) in [7, 11) is 3.63. The highest BCUT2D eigenvalue weighted by Gasteiger charge is 2.36. The first-order chi connectivity index (χ1) is 9.28. The summed E-state index contributed by atoms with van der Waals surface area (Å²) < 4.78 is 5.23. The Morgan fingerprint density at radius 2 is 2.05 bits per heavy atom. The summed E-state index contributed by atoms with van der Waals surface area (Å²) in [4.78, 5) is 4.33. The van der Waals surface area contributed by atoms with Crippen molar-refractivity contribution in [3.8, 4) is 0 Å². The van der Waals surface area contributed by atoms with E-state index in [1.807, 2.05) is 7.05 Å². The number of nitrogens with zero attached hydrogens (tertiary/aromatic N) is 1. The minimum absolute atomic E-state index is 0. The molecule has 0 radical (unpaired) electrons. The minimum atomic E-state index is 0. The molecule has 0 heterocycles. The highest BCUT2D eigenvalue weighted by atomic mass is 127. The summed E-state index contributed by atoms with van der Waals surface area (Å²) in [5.41, 5.74) is 0.432. The topological polar surface area (TPSA) is 45.7 Å². The summed E-state index contributed by atoms with van der Waals surface area (Å²) in [5.74, 6) is 0.942. The molecule has 1 saturated carbocycles. The Labute approximate surface area is 139 Å². The SMILES string of the molecule is CN=C(NCC1(CCOC)CCC1)NC1CC=CC1.I. The van der Waals surface area contributed by atoms with Crippen LogP contribution >= 0.6 is 24.0 Å². The van der Waals surface area contributed by atoms with Gasteiger partial charge in [0.1, 0.15) is 0 Å². The van der Waals surface area contributed by atoms with Crippen LogP contribution in [0.15, 0.2) is 17.1 Å². The van der Waals surface area contributed by atoms with Gasteiger partial charge in [0.2, 0.25) is 0 Å². The molecule has 4 nitrogen and oxygen atoms in total. The van der Waals surface area contributed by atoms with Gasteiger partial charge in [-0.3, -0.25) is 4.99 Å². The molecule has 0 aromatic rings. The van der Waals surface area contributed by atoms with Crippen molar-refractivity contribution in [2.75, 3.05) is 27.3 Å². The first-order valence-corrected chi connectivity index (χ1v) is 7.39. The van der Waals surface area contributed by atoms with Crippen LogP contribution < -0.4 is 10.6 Å². The number of rotatable bonds is 6. The van der Waals surface area contributed by atoms with Crippen molar-refractivity contribution in [3.63, 3.8) is 0 Å². The van der Waals surface area contributed by atoms with Crippen LogP contribution in [0.1, 0.15) is 38.5 Å². The molecule has 116 valence electrons. The Kier molecular flexibility index (Phi) is 7.87. The molecule has 5 heteroatoms. The Balaban J connectivity index is 0.00000200. The van der Waals surface area contributed by atoms with Gasteiger partial charge < -0.3 is 15.4 Å². The largest absolute Gasteiger partial charge is 0.385 e. The van der Waals surface area contributed by atoms with Crippen molar-refractivity contribution < 1.29 is 4.74 Å². The van der Waals surface area contributed by atoms with Crippen LogP contribution in [0, 0.1) is 5.41 Å². The van der Waals surface area contributed by atoms with Gasteiger partial charge >= 0.3 is 0 Å². The molecular formula is C15H28IN3O. The van der Waals surface area contributed by atoms with Crippen LogP contribution in [0.5, 0.6) is 0 Å². The predicted octanol–water partition coefficient (Wildman–Crippen LogP) is 2.69. The summed E-state index contributed by atoms with van der Waals surface area (Å²) in [5, 5.41) is 6.99. The minimum Gasteiger partial charge on any atom is -0.385 e. The molecule has 0 unspecified atom stereocenters. The van der Waals surface area contributed by atoms with E-state index in [-0.39, 0.29) is 24.0 Å². The molecule has 0 atom stereocenters. The third-order valence-corrected chi connectivity index (χ3v) is 4.45. The Hall–Kier alpha value is -0.300. The van der Waals surface area contributed by atoms with Gasteiger partial charge in [-0.25, -0.2) is 0 Å². The van der Waals surface area contributed by atoms with Crippen LogP contribution in [-0.4, -0.2) is 39.3 Å². The maximum absolute atomic E-state index is 5.23. The van der Waals surface area contributed by atoms with E-state index < -0.39 is 0 Å². The van der Waals surface area contributed by atoms with Crippen LogP contribution in [0.4, 0.5) is 0 Å². The number of halogens is 1. The van der Waals surface area contributed by atoms with Gasteiger partial charge in [-0.1, -0.05) is 18.6 Å². The molecular weight excluding hydrogens is 365 g/mol. The summed E-state index contributed by atoms with van der Waals surface area (Å²) in [6.07, 6.45) is 11.8. The van der Waals surface area contributed by atoms with Gasteiger partial charge in [-0.15, -0.1) is 24.0 Å². The molecule has 0 aromatic heterocycles. The van der Waals surface area contributed by atoms with Gasteiger partial charge in [0.05, 0.1) is 0 Å². The molecule has 20 heavy (non-hydrogen) atoms. The van der Waals surface area contributed by atoms with Crippen molar-refractivity contribution in [2.45, 2.75) is 44.6 Å². The summed E-state index contributed by atoms with van der Waals surface area (Å²) >= 11 is 0. The van der Waals surface area contributed by atoms with Crippen molar-refractivity contribution >= 4 is 29.9 Å². The van der Waals surface area contributed by atoms with Crippen molar-refractivity contribution in [1.82, 2.24) is 10.6 Å². The smallest absolute Gasteiger partial charge is 0.191 e. The van der Waals surface area contributed by atoms with Gasteiger partial charge in [-0.2, -0.15) is 0 Å². The number of ether oxygens (including phenoxy) is 1. The monoisotopic (exact) mass is 393 g/mol. The standard InChI is InChI=1S/C15H27N3O.HI/c1-16-14(18-13-6-3-4-7-13)17-12-15(8-5-9-15)10-11-19-2;/h3-4,13H,5-12H2,1-2H3,(H2,16,17,18);1H. The average Bonchev–Trinajstić information content (AvgIpc) is 2.88. The number of aliphatic imine (C=N–C) groups is 1. The molecule has 0 bridgehead atoms. The van der Waals surface area contributed by atoms with Crippen LogP contribution in [0.2, 0.25) is 0 Å². The molecule has 2 rings (SSSR count). The normalized spacial score (nSPS) is 21.2. The number of hydrogen-bond donors (Lipinski definition) is 2. The Morgan fingerprint density at radius 1 is 1.35 bits per heavy atom. The second kappa shape index (κ2) is 8.87. The number of methoxy groups -OCH3 is 1. The zero-order valence-corrected chi connectivity index (χ0v) is 15.0. The van der Waals surface area contributed by atoms with E-state index in [4.69, 9.17) is 4.74 Å². The summed E-state index contributed by atoms with van der Waals surface area (Å²) in [6.45, 7) is 1.87. The molecule has 0 aromatic carbocycles. The molecule has 0 spiro atoms. The zero-order valence-electron chi connectivity index (χ0n) is 12.7. The molecule has 0 amide bonds. The van der Waals surface area contributed by atoms with Gasteiger partial charge in [0.25, 0.3) is 0 Å². The van der Waals surface area contributed by atoms with E-state index in [9.17, 15) is 0 Å². The van der Waals surface area contributed by atoms with Gasteiger partial charge in [-0.05, 0) is 37.5 Å². The number of hydrogen-bond acceptors (Lipinski definition) is 2. The van der Waals surface area contributed by atoms with Crippen molar-refractivity contribution in [3.05, 3.63) is 12.2 Å². The highest BCUT2D eigenvalue weighted by molar-refractivity contribution is 14.0. The number of nitrogens with one attached hydrogen (secondary N) is 2. The quantitative estimate of drug-likeness (QED) is 0.316. The molecule has 2 N–H and O–H groups in total. The lowest BCUT2D eigenvalue weighted by molar-refractivity contribution is 0.0732. The molecule has 0 saturated heterocycles. The van der Waals surface area contributed by atoms with Crippen molar-refractivity contribution in [1.29, 1.82) is 0 Å². The Bertz CT molecular complexity index is 332. The predicted molar refractivity (Wildman–Crippen MR) is 94.9 cm³/mol.